The third-order valence-corrected chi connectivity index (χ3v) is 3.79. The van der Waals surface area contributed by atoms with E-state index in [1.54, 1.807) is 7.11 Å². The zero-order valence-corrected chi connectivity index (χ0v) is 10.7. The molecule has 3 heteroatoms. The van der Waals surface area contributed by atoms with Gasteiger partial charge in [0.15, 0.2) is 0 Å². The van der Waals surface area contributed by atoms with Crippen LogP contribution in [0.25, 0.3) is 0 Å². The van der Waals surface area contributed by atoms with Crippen molar-refractivity contribution in [1.82, 2.24) is 4.90 Å². The third-order valence-electron chi connectivity index (χ3n) is 3.79. The van der Waals surface area contributed by atoms with Crippen LogP contribution in [0.1, 0.15) is 24.9 Å². The van der Waals surface area contributed by atoms with E-state index in [-0.39, 0.29) is 0 Å². The maximum absolute atomic E-state index is 5.74. The number of para-hydroxylation sites is 1. The summed E-state index contributed by atoms with van der Waals surface area (Å²) in [5, 5.41) is 0. The Hall–Kier alpha value is -1.06. The lowest BCUT2D eigenvalue weighted by Gasteiger charge is -2.26. The summed E-state index contributed by atoms with van der Waals surface area (Å²) < 4.78 is 5.43. The van der Waals surface area contributed by atoms with E-state index >= 15 is 0 Å². The highest BCUT2D eigenvalue weighted by atomic mass is 16.5. The molecule has 0 saturated carbocycles. The predicted molar refractivity (Wildman–Crippen MR) is 70.1 cm³/mol. The molecule has 17 heavy (non-hydrogen) atoms. The number of hydrogen-bond acceptors (Lipinski definition) is 3. The van der Waals surface area contributed by atoms with Crippen LogP contribution >= 0.6 is 0 Å². The van der Waals surface area contributed by atoms with E-state index in [9.17, 15) is 0 Å². The van der Waals surface area contributed by atoms with Crippen LogP contribution < -0.4 is 10.5 Å². The lowest BCUT2D eigenvalue weighted by atomic mass is 10.1. The lowest BCUT2D eigenvalue weighted by Crippen LogP contribution is -2.26. The standard InChI is InChI=1S/C14H22N2O/c1-11(16-8-7-12(9-15)10-16)13-5-3-4-6-14(13)17-2/h3-6,11-12H,7-10,15H2,1-2H3. The molecular formula is C14H22N2O. The number of methoxy groups -OCH3 is 1. The molecule has 0 spiro atoms. The molecule has 0 aromatic heterocycles. The highest BCUT2D eigenvalue weighted by Crippen LogP contribution is 2.32. The Labute approximate surface area is 104 Å². The van der Waals surface area contributed by atoms with Gasteiger partial charge in [0.05, 0.1) is 7.11 Å². The van der Waals surface area contributed by atoms with Crippen molar-refractivity contribution >= 4 is 0 Å². The smallest absolute Gasteiger partial charge is 0.123 e. The fourth-order valence-electron chi connectivity index (χ4n) is 2.62. The highest BCUT2D eigenvalue weighted by molar-refractivity contribution is 5.35. The Balaban J connectivity index is 2.11. The number of hydrogen-bond donors (Lipinski definition) is 1. The maximum Gasteiger partial charge on any atom is 0.123 e. The molecule has 1 aromatic rings. The summed E-state index contributed by atoms with van der Waals surface area (Å²) in [6.07, 6.45) is 1.22. The largest absolute Gasteiger partial charge is 0.496 e. The van der Waals surface area contributed by atoms with Gasteiger partial charge in [0, 0.05) is 18.2 Å². The van der Waals surface area contributed by atoms with E-state index in [0.717, 1.165) is 25.4 Å². The van der Waals surface area contributed by atoms with Crippen molar-refractivity contribution in [2.45, 2.75) is 19.4 Å². The molecule has 1 fully saturated rings. The zero-order valence-electron chi connectivity index (χ0n) is 10.7. The second kappa shape index (κ2) is 5.52. The molecule has 0 aliphatic carbocycles. The van der Waals surface area contributed by atoms with Gasteiger partial charge in [0.2, 0.25) is 0 Å². The molecule has 1 saturated heterocycles. The Morgan fingerprint density at radius 1 is 1.47 bits per heavy atom. The molecule has 3 nitrogen and oxygen atoms in total. The lowest BCUT2D eigenvalue weighted by molar-refractivity contribution is 0.247. The Bertz CT molecular complexity index is 367. The molecule has 1 heterocycles. The molecule has 94 valence electrons. The van der Waals surface area contributed by atoms with Gasteiger partial charge >= 0.3 is 0 Å². The Morgan fingerprint density at radius 3 is 2.88 bits per heavy atom. The van der Waals surface area contributed by atoms with Gasteiger partial charge in [0.1, 0.15) is 5.75 Å². The van der Waals surface area contributed by atoms with Crippen molar-refractivity contribution < 1.29 is 4.74 Å². The van der Waals surface area contributed by atoms with Gasteiger partial charge in [-0.05, 0) is 38.4 Å². The summed E-state index contributed by atoms with van der Waals surface area (Å²) in [5.74, 6) is 1.64. The van der Waals surface area contributed by atoms with Crippen LogP contribution in [0.2, 0.25) is 0 Å². The number of nitrogens with zero attached hydrogens (tertiary/aromatic N) is 1. The monoisotopic (exact) mass is 234 g/mol. The van der Waals surface area contributed by atoms with Gasteiger partial charge in [0.25, 0.3) is 0 Å². The zero-order chi connectivity index (χ0) is 12.3. The third kappa shape index (κ3) is 2.61. The van der Waals surface area contributed by atoms with Crippen molar-refractivity contribution in [2.75, 3.05) is 26.7 Å². The normalized spacial score (nSPS) is 22.6. The summed E-state index contributed by atoms with van der Waals surface area (Å²) in [6.45, 7) is 5.29. The fourth-order valence-corrected chi connectivity index (χ4v) is 2.62. The molecule has 2 rings (SSSR count). The summed E-state index contributed by atoms with van der Waals surface area (Å²) in [6, 6.07) is 8.68. The van der Waals surface area contributed by atoms with E-state index in [1.165, 1.54) is 12.0 Å². The van der Waals surface area contributed by atoms with Crippen molar-refractivity contribution in [1.29, 1.82) is 0 Å². The molecule has 0 bridgehead atoms. The average Bonchev–Trinajstić information content (AvgIpc) is 2.86. The average molecular weight is 234 g/mol. The SMILES string of the molecule is COc1ccccc1C(C)N1CCC(CN)C1. The van der Waals surface area contributed by atoms with Crippen molar-refractivity contribution in [2.24, 2.45) is 11.7 Å². The van der Waals surface area contributed by atoms with E-state index in [1.807, 2.05) is 12.1 Å². The number of likely N-dealkylation sites (tertiary alicyclic amines) is 1. The van der Waals surface area contributed by atoms with Crippen molar-refractivity contribution in [3.63, 3.8) is 0 Å². The first-order valence-corrected chi connectivity index (χ1v) is 6.33. The number of benzene rings is 1. The predicted octanol–water partition coefficient (Wildman–Crippen LogP) is 2.04. The van der Waals surface area contributed by atoms with Gasteiger partial charge in [-0.15, -0.1) is 0 Å². The highest BCUT2D eigenvalue weighted by Gasteiger charge is 2.26. The fraction of sp³-hybridized carbons (Fsp3) is 0.571. The van der Waals surface area contributed by atoms with Crippen LogP contribution in [0.4, 0.5) is 0 Å². The van der Waals surface area contributed by atoms with Crippen LogP contribution in [0.5, 0.6) is 5.75 Å². The van der Waals surface area contributed by atoms with E-state index in [0.29, 0.717) is 12.0 Å². The maximum atomic E-state index is 5.74. The minimum absolute atomic E-state index is 0.405. The Kier molecular flexibility index (Phi) is 4.02. The number of rotatable bonds is 4. The molecular weight excluding hydrogens is 212 g/mol. The van der Waals surface area contributed by atoms with E-state index < -0.39 is 0 Å². The van der Waals surface area contributed by atoms with Crippen molar-refractivity contribution in [3.05, 3.63) is 29.8 Å². The van der Waals surface area contributed by atoms with Crippen LogP contribution in [0.3, 0.4) is 0 Å². The first kappa shape index (κ1) is 12.4. The summed E-state index contributed by atoms with van der Waals surface area (Å²) >= 11 is 0. The number of nitrogens with two attached hydrogens (primary N) is 1. The van der Waals surface area contributed by atoms with Gasteiger partial charge in [-0.3, -0.25) is 4.90 Å². The minimum atomic E-state index is 0.405. The van der Waals surface area contributed by atoms with Crippen LogP contribution in [-0.4, -0.2) is 31.6 Å². The molecule has 2 N–H and O–H groups in total. The molecule has 1 aromatic carbocycles. The van der Waals surface area contributed by atoms with Crippen LogP contribution in [0.15, 0.2) is 24.3 Å². The summed E-state index contributed by atoms with van der Waals surface area (Å²) in [4.78, 5) is 2.50. The first-order chi connectivity index (χ1) is 8.26. The van der Waals surface area contributed by atoms with Gasteiger partial charge in [-0.2, -0.15) is 0 Å². The molecule has 0 radical (unpaired) electrons. The van der Waals surface area contributed by atoms with E-state index in [4.69, 9.17) is 10.5 Å². The molecule has 1 aliphatic rings. The van der Waals surface area contributed by atoms with Gasteiger partial charge in [-0.1, -0.05) is 18.2 Å². The molecule has 2 atom stereocenters. The Morgan fingerprint density at radius 2 is 2.24 bits per heavy atom. The molecule has 0 amide bonds. The summed E-state index contributed by atoms with van der Waals surface area (Å²) in [7, 11) is 1.73. The van der Waals surface area contributed by atoms with Gasteiger partial charge < -0.3 is 10.5 Å². The molecule has 1 aliphatic heterocycles. The van der Waals surface area contributed by atoms with E-state index in [2.05, 4.69) is 24.0 Å². The second-order valence-corrected chi connectivity index (χ2v) is 4.80. The second-order valence-electron chi connectivity index (χ2n) is 4.80. The first-order valence-electron chi connectivity index (χ1n) is 6.33. The summed E-state index contributed by atoms with van der Waals surface area (Å²) in [5.41, 5.74) is 7.01. The number of ether oxygens (including phenoxy) is 1. The van der Waals surface area contributed by atoms with Crippen LogP contribution in [0, 0.1) is 5.92 Å². The van der Waals surface area contributed by atoms with Gasteiger partial charge in [-0.25, -0.2) is 0 Å². The minimum Gasteiger partial charge on any atom is -0.496 e. The molecule has 2 unspecified atom stereocenters. The van der Waals surface area contributed by atoms with Crippen molar-refractivity contribution in [3.8, 4) is 5.75 Å². The van der Waals surface area contributed by atoms with Crippen LogP contribution in [-0.2, 0) is 0 Å². The topological polar surface area (TPSA) is 38.5 Å². The quantitative estimate of drug-likeness (QED) is 0.866.